The standard InChI is InChI=1S/C12H19NS/c1-4-10-7-11(10)13-9(3)12-8(2)5-6-14-12/h5-6,9-11,13H,4,7H2,1-3H3. The highest BCUT2D eigenvalue weighted by atomic mass is 32.1. The lowest BCUT2D eigenvalue weighted by molar-refractivity contribution is 0.544. The Hall–Kier alpha value is -0.340. The van der Waals surface area contributed by atoms with E-state index >= 15 is 0 Å². The van der Waals surface area contributed by atoms with Crippen molar-refractivity contribution < 1.29 is 0 Å². The second kappa shape index (κ2) is 4.03. The maximum absolute atomic E-state index is 3.71. The van der Waals surface area contributed by atoms with Crippen molar-refractivity contribution in [1.82, 2.24) is 5.32 Å². The molecule has 2 rings (SSSR count). The van der Waals surface area contributed by atoms with E-state index in [1.807, 2.05) is 11.3 Å². The number of hydrogen-bond acceptors (Lipinski definition) is 2. The summed E-state index contributed by atoms with van der Waals surface area (Å²) in [5, 5.41) is 5.90. The van der Waals surface area contributed by atoms with Crippen LogP contribution in [-0.4, -0.2) is 6.04 Å². The quantitative estimate of drug-likeness (QED) is 0.800. The number of nitrogens with one attached hydrogen (secondary N) is 1. The van der Waals surface area contributed by atoms with Gasteiger partial charge in [-0.1, -0.05) is 13.3 Å². The molecule has 1 aromatic rings. The average Bonchev–Trinajstić information content (AvgIpc) is 2.77. The van der Waals surface area contributed by atoms with Gasteiger partial charge in [-0.3, -0.25) is 0 Å². The normalized spacial score (nSPS) is 27.6. The van der Waals surface area contributed by atoms with E-state index < -0.39 is 0 Å². The Balaban J connectivity index is 1.91. The van der Waals surface area contributed by atoms with Crippen LogP contribution < -0.4 is 5.32 Å². The molecule has 0 aromatic carbocycles. The smallest absolute Gasteiger partial charge is 0.0391 e. The molecule has 3 unspecified atom stereocenters. The molecule has 0 spiro atoms. The largest absolute Gasteiger partial charge is 0.306 e. The molecular weight excluding hydrogens is 190 g/mol. The lowest BCUT2D eigenvalue weighted by Gasteiger charge is -2.13. The van der Waals surface area contributed by atoms with Gasteiger partial charge in [0.25, 0.3) is 0 Å². The average molecular weight is 209 g/mol. The second-order valence-electron chi connectivity index (χ2n) is 4.37. The van der Waals surface area contributed by atoms with Crippen molar-refractivity contribution in [3.63, 3.8) is 0 Å². The first-order chi connectivity index (χ1) is 6.72. The van der Waals surface area contributed by atoms with Gasteiger partial charge in [0.15, 0.2) is 0 Å². The predicted octanol–water partition coefficient (Wildman–Crippen LogP) is 3.51. The molecule has 78 valence electrons. The molecule has 1 aromatic heterocycles. The van der Waals surface area contributed by atoms with E-state index in [0.717, 1.165) is 12.0 Å². The summed E-state index contributed by atoms with van der Waals surface area (Å²) in [5.41, 5.74) is 1.43. The van der Waals surface area contributed by atoms with E-state index in [9.17, 15) is 0 Å². The first-order valence-electron chi connectivity index (χ1n) is 5.52. The highest BCUT2D eigenvalue weighted by molar-refractivity contribution is 7.10. The zero-order chi connectivity index (χ0) is 10.1. The van der Waals surface area contributed by atoms with Crippen molar-refractivity contribution in [2.24, 2.45) is 5.92 Å². The number of thiophene rings is 1. The van der Waals surface area contributed by atoms with Crippen molar-refractivity contribution in [1.29, 1.82) is 0 Å². The number of rotatable bonds is 4. The SMILES string of the molecule is CCC1CC1NC(C)c1sccc1C. The Bertz CT molecular complexity index is 305. The topological polar surface area (TPSA) is 12.0 Å². The van der Waals surface area contributed by atoms with E-state index in [2.05, 4.69) is 37.5 Å². The van der Waals surface area contributed by atoms with Gasteiger partial charge >= 0.3 is 0 Å². The Morgan fingerprint density at radius 1 is 1.64 bits per heavy atom. The Morgan fingerprint density at radius 3 is 2.93 bits per heavy atom. The second-order valence-corrected chi connectivity index (χ2v) is 5.31. The van der Waals surface area contributed by atoms with Gasteiger partial charge in [-0.25, -0.2) is 0 Å². The summed E-state index contributed by atoms with van der Waals surface area (Å²) in [6.07, 6.45) is 2.71. The minimum atomic E-state index is 0.538. The first kappa shape index (κ1) is 10.2. The summed E-state index contributed by atoms with van der Waals surface area (Å²) in [6.45, 7) is 6.77. The Kier molecular flexibility index (Phi) is 2.93. The van der Waals surface area contributed by atoms with Gasteiger partial charge in [-0.05, 0) is 43.2 Å². The van der Waals surface area contributed by atoms with Gasteiger partial charge < -0.3 is 5.32 Å². The lowest BCUT2D eigenvalue weighted by Crippen LogP contribution is -2.22. The molecule has 14 heavy (non-hydrogen) atoms. The van der Waals surface area contributed by atoms with E-state index in [4.69, 9.17) is 0 Å². The molecule has 0 radical (unpaired) electrons. The zero-order valence-corrected chi connectivity index (χ0v) is 10.0. The van der Waals surface area contributed by atoms with Gasteiger partial charge in [0.2, 0.25) is 0 Å². The molecule has 1 N–H and O–H groups in total. The van der Waals surface area contributed by atoms with Crippen molar-refractivity contribution in [2.45, 2.75) is 45.7 Å². The van der Waals surface area contributed by atoms with Crippen LogP contribution in [0.4, 0.5) is 0 Å². The molecule has 1 heterocycles. The number of aryl methyl sites for hydroxylation is 1. The lowest BCUT2D eigenvalue weighted by atomic mass is 10.2. The fraction of sp³-hybridized carbons (Fsp3) is 0.667. The van der Waals surface area contributed by atoms with Gasteiger partial charge in [0.1, 0.15) is 0 Å². The molecule has 1 aliphatic carbocycles. The van der Waals surface area contributed by atoms with E-state index in [1.54, 1.807) is 0 Å². The van der Waals surface area contributed by atoms with Crippen LogP contribution in [-0.2, 0) is 0 Å². The summed E-state index contributed by atoms with van der Waals surface area (Å²) in [4.78, 5) is 1.51. The molecule has 1 fully saturated rings. The van der Waals surface area contributed by atoms with Crippen LogP contribution in [0.5, 0.6) is 0 Å². The third kappa shape index (κ3) is 2.01. The van der Waals surface area contributed by atoms with Gasteiger partial charge in [0, 0.05) is 17.0 Å². The molecule has 3 atom stereocenters. The summed E-state index contributed by atoms with van der Waals surface area (Å²) in [6, 6.07) is 3.54. The molecule has 0 saturated heterocycles. The third-order valence-corrected chi connectivity index (χ3v) is 4.41. The maximum atomic E-state index is 3.71. The van der Waals surface area contributed by atoms with Gasteiger partial charge in [-0.15, -0.1) is 11.3 Å². The van der Waals surface area contributed by atoms with Crippen molar-refractivity contribution in [3.05, 3.63) is 21.9 Å². The molecule has 0 bridgehead atoms. The first-order valence-corrected chi connectivity index (χ1v) is 6.40. The highest BCUT2D eigenvalue weighted by Gasteiger charge is 2.36. The molecule has 2 heteroatoms. The van der Waals surface area contributed by atoms with Gasteiger partial charge in [-0.2, -0.15) is 0 Å². The van der Waals surface area contributed by atoms with Crippen LogP contribution in [0.15, 0.2) is 11.4 Å². The molecule has 1 saturated carbocycles. The monoisotopic (exact) mass is 209 g/mol. The molecule has 1 nitrogen and oxygen atoms in total. The minimum Gasteiger partial charge on any atom is -0.306 e. The summed E-state index contributed by atoms with van der Waals surface area (Å²) < 4.78 is 0. The summed E-state index contributed by atoms with van der Waals surface area (Å²) >= 11 is 1.87. The van der Waals surface area contributed by atoms with Crippen LogP contribution >= 0.6 is 11.3 Å². The summed E-state index contributed by atoms with van der Waals surface area (Å²) in [5.74, 6) is 0.942. The van der Waals surface area contributed by atoms with E-state index in [0.29, 0.717) is 6.04 Å². The van der Waals surface area contributed by atoms with Crippen LogP contribution in [0.3, 0.4) is 0 Å². The summed E-state index contributed by atoms with van der Waals surface area (Å²) in [7, 11) is 0. The van der Waals surface area contributed by atoms with Crippen LogP contribution in [0.2, 0.25) is 0 Å². The third-order valence-electron chi connectivity index (χ3n) is 3.21. The predicted molar refractivity (Wildman–Crippen MR) is 62.8 cm³/mol. The molecule has 1 aliphatic rings. The Morgan fingerprint density at radius 2 is 2.43 bits per heavy atom. The number of hydrogen-bond donors (Lipinski definition) is 1. The van der Waals surface area contributed by atoms with E-state index in [1.165, 1.54) is 23.3 Å². The van der Waals surface area contributed by atoms with Crippen LogP contribution in [0.25, 0.3) is 0 Å². The fourth-order valence-electron chi connectivity index (χ4n) is 2.13. The van der Waals surface area contributed by atoms with Crippen molar-refractivity contribution in [2.75, 3.05) is 0 Å². The molecular formula is C12H19NS. The fourth-order valence-corrected chi connectivity index (χ4v) is 3.07. The zero-order valence-electron chi connectivity index (χ0n) is 9.21. The Labute approximate surface area is 90.5 Å². The molecule has 0 amide bonds. The van der Waals surface area contributed by atoms with Crippen molar-refractivity contribution in [3.8, 4) is 0 Å². The molecule has 0 aliphatic heterocycles. The highest BCUT2D eigenvalue weighted by Crippen LogP contribution is 2.36. The minimum absolute atomic E-state index is 0.538. The van der Waals surface area contributed by atoms with Crippen LogP contribution in [0.1, 0.15) is 43.2 Å². The van der Waals surface area contributed by atoms with Crippen molar-refractivity contribution >= 4 is 11.3 Å². The van der Waals surface area contributed by atoms with Gasteiger partial charge in [0.05, 0.1) is 0 Å². The maximum Gasteiger partial charge on any atom is 0.0391 e. The van der Waals surface area contributed by atoms with Crippen LogP contribution in [0, 0.1) is 12.8 Å². The van der Waals surface area contributed by atoms with E-state index in [-0.39, 0.29) is 0 Å².